The van der Waals surface area contributed by atoms with E-state index < -0.39 is 60.4 Å². The van der Waals surface area contributed by atoms with E-state index in [2.05, 4.69) is 20.6 Å². The van der Waals surface area contributed by atoms with Crippen LogP contribution in [0, 0.1) is 0 Å². The minimum atomic E-state index is -1.57. The van der Waals surface area contributed by atoms with Crippen molar-refractivity contribution in [3.8, 4) is 11.5 Å². The van der Waals surface area contributed by atoms with Gasteiger partial charge in [-0.05, 0) is 71.5 Å². The molecule has 0 aliphatic heterocycles. The molecule has 6 aromatic rings. The molecule has 0 unspecified atom stereocenters. The molecule has 2 aromatic heterocycles. The molecule has 0 aliphatic rings. The summed E-state index contributed by atoms with van der Waals surface area (Å²) in [6.07, 6.45) is 4.88. The maximum Gasteiger partial charge on any atom is 0.252 e. The van der Waals surface area contributed by atoms with Crippen molar-refractivity contribution in [1.29, 1.82) is 0 Å². The van der Waals surface area contributed by atoms with Crippen molar-refractivity contribution in [2.75, 3.05) is 6.61 Å². The fourth-order valence-corrected chi connectivity index (χ4v) is 6.87. The third-order valence-electron chi connectivity index (χ3n) is 9.98. The van der Waals surface area contributed by atoms with Crippen LogP contribution in [0.4, 0.5) is 0 Å². The molecule has 15 nitrogen and oxygen atoms in total. The Morgan fingerprint density at radius 3 is 1.66 bits per heavy atom. The number of benzene rings is 4. The molecule has 299 valence electrons. The van der Waals surface area contributed by atoms with Gasteiger partial charge in [-0.2, -0.15) is 0 Å². The van der Waals surface area contributed by atoms with Crippen molar-refractivity contribution in [2.45, 2.75) is 55.9 Å². The van der Waals surface area contributed by atoms with Gasteiger partial charge < -0.3 is 47.4 Å². The van der Waals surface area contributed by atoms with Gasteiger partial charge in [0.1, 0.15) is 29.6 Å². The molecule has 0 saturated carbocycles. The SMILES string of the molecule is N[C@H](Cc1c[nH]c2ccccc12)C(=O)N[C@H](CO)C(=O)N[C@H](Cc1ccc(O)cc1)C(=O)N(C(=O)[C@H](N)Cc1ccc(O)cc1)[C@@H]([C]=O)Cc1c[nH]c2ccccc12. The molecule has 15 heteroatoms. The number of phenols is 2. The van der Waals surface area contributed by atoms with Gasteiger partial charge in [0.05, 0.1) is 18.7 Å². The summed E-state index contributed by atoms with van der Waals surface area (Å²) in [7, 11) is 0. The first kappa shape index (κ1) is 40.8. The Kier molecular flexibility index (Phi) is 13.0. The van der Waals surface area contributed by atoms with E-state index in [1.165, 1.54) is 36.4 Å². The quantitative estimate of drug-likeness (QED) is 0.0648. The van der Waals surface area contributed by atoms with E-state index in [1.807, 2.05) is 48.8 Å². The number of aromatic nitrogens is 2. The lowest BCUT2D eigenvalue weighted by atomic mass is 9.98. The smallest absolute Gasteiger partial charge is 0.252 e. The van der Waals surface area contributed by atoms with Crippen LogP contribution in [0.2, 0.25) is 0 Å². The fraction of sp³-hybridized carbons (Fsp3) is 0.233. The van der Waals surface area contributed by atoms with Crippen molar-refractivity contribution in [1.82, 2.24) is 25.5 Å². The second-order valence-electron chi connectivity index (χ2n) is 14.1. The number of H-pyrrole nitrogens is 2. The van der Waals surface area contributed by atoms with Crippen LogP contribution in [-0.2, 0) is 49.7 Å². The Hall–Kier alpha value is -6.81. The fourth-order valence-electron chi connectivity index (χ4n) is 6.87. The summed E-state index contributed by atoms with van der Waals surface area (Å²) in [4.78, 5) is 76.1. The number of aliphatic hydroxyl groups excluding tert-OH is 1. The second kappa shape index (κ2) is 18.4. The van der Waals surface area contributed by atoms with Gasteiger partial charge in [0, 0.05) is 47.0 Å². The number of nitrogens with zero attached hydrogens (tertiary/aromatic N) is 1. The Balaban J connectivity index is 1.28. The Morgan fingerprint density at radius 1 is 0.621 bits per heavy atom. The summed E-state index contributed by atoms with van der Waals surface area (Å²) in [5.41, 5.74) is 16.7. The first-order chi connectivity index (χ1) is 27.9. The zero-order valence-electron chi connectivity index (χ0n) is 31.3. The average Bonchev–Trinajstić information content (AvgIpc) is 3.84. The zero-order valence-corrected chi connectivity index (χ0v) is 31.3. The third-order valence-corrected chi connectivity index (χ3v) is 9.98. The number of carbonyl (C=O) groups is 4. The van der Waals surface area contributed by atoms with Crippen LogP contribution in [0.1, 0.15) is 22.3 Å². The average molecular weight is 787 g/mol. The summed E-state index contributed by atoms with van der Waals surface area (Å²) in [6.45, 7) is -0.872. The lowest BCUT2D eigenvalue weighted by Gasteiger charge is -2.32. The molecule has 2 heterocycles. The van der Waals surface area contributed by atoms with E-state index >= 15 is 0 Å². The highest BCUT2D eigenvalue weighted by atomic mass is 16.3. The van der Waals surface area contributed by atoms with E-state index in [4.69, 9.17) is 11.5 Å². The number of aromatic hydroxyl groups is 2. The van der Waals surface area contributed by atoms with Crippen LogP contribution in [0.15, 0.2) is 109 Å². The van der Waals surface area contributed by atoms with Crippen LogP contribution < -0.4 is 22.1 Å². The highest BCUT2D eigenvalue weighted by Crippen LogP contribution is 2.23. The molecular formula is C43H44N7O8. The molecule has 0 saturated heterocycles. The third kappa shape index (κ3) is 9.58. The van der Waals surface area contributed by atoms with Crippen molar-refractivity contribution >= 4 is 51.7 Å². The lowest BCUT2D eigenvalue weighted by molar-refractivity contribution is -0.149. The number of aliphatic hydroxyl groups is 1. The first-order valence-corrected chi connectivity index (χ1v) is 18.6. The number of aromatic amines is 2. The first-order valence-electron chi connectivity index (χ1n) is 18.6. The standard InChI is InChI=1S/C43H44N7O8/c44-34(20-28-22-47-37-8-4-2-6-33(28)37)40(55)49-39(24-52)41(56)48-38(18-26-11-15-31(54)16-12-26)43(58)50(42(57)35(45)17-25-9-13-30(53)14-10-25)29(23-51)19-27-21-46-36-7-3-1-5-32(27)36/h1-16,21-22,29,34-35,38-39,46-47,52-54H,17-20,24,44-45H2,(H,48,56)(H,49,55)/t29-,34-,35-,38-,39-/m1/s1. The van der Waals surface area contributed by atoms with Crippen LogP contribution in [0.3, 0.4) is 0 Å². The number of fused-ring (bicyclic) bond motifs is 2. The molecule has 5 atom stereocenters. The molecule has 0 spiro atoms. The number of nitrogens with two attached hydrogens (primary N) is 2. The van der Waals surface area contributed by atoms with Crippen LogP contribution in [0.5, 0.6) is 11.5 Å². The molecule has 4 aromatic carbocycles. The summed E-state index contributed by atoms with van der Waals surface area (Å²) in [5, 5.41) is 36.6. The van der Waals surface area contributed by atoms with Gasteiger partial charge in [-0.15, -0.1) is 0 Å². The number of phenolic OH excluding ortho intramolecular Hbond substituents is 2. The summed E-state index contributed by atoms with van der Waals surface area (Å²) >= 11 is 0. The van der Waals surface area contributed by atoms with Crippen LogP contribution >= 0.6 is 0 Å². The summed E-state index contributed by atoms with van der Waals surface area (Å²) < 4.78 is 0. The maximum atomic E-state index is 14.8. The van der Waals surface area contributed by atoms with Gasteiger partial charge in [-0.1, -0.05) is 60.7 Å². The Labute approximate surface area is 333 Å². The highest BCUT2D eigenvalue weighted by molar-refractivity contribution is 6.04. The minimum absolute atomic E-state index is 0.00347. The van der Waals surface area contributed by atoms with Crippen molar-refractivity contribution < 1.29 is 39.3 Å². The number of hydrogen-bond acceptors (Lipinski definition) is 10. The predicted octanol–water partition coefficient (Wildman–Crippen LogP) is 1.78. The molecule has 1 radical (unpaired) electrons. The predicted molar refractivity (Wildman–Crippen MR) is 216 cm³/mol. The molecule has 0 aliphatic carbocycles. The van der Waals surface area contributed by atoms with Crippen molar-refractivity contribution in [2.24, 2.45) is 11.5 Å². The maximum absolute atomic E-state index is 14.8. The van der Waals surface area contributed by atoms with Gasteiger partial charge in [-0.25, -0.2) is 0 Å². The van der Waals surface area contributed by atoms with Gasteiger partial charge in [0.25, 0.3) is 5.91 Å². The molecule has 0 fully saturated rings. The van der Waals surface area contributed by atoms with Crippen LogP contribution in [-0.4, -0.2) is 96.9 Å². The molecular weight excluding hydrogens is 743 g/mol. The molecule has 6 rings (SSSR count). The molecule has 11 N–H and O–H groups in total. The number of hydrogen-bond donors (Lipinski definition) is 9. The van der Waals surface area contributed by atoms with Gasteiger partial charge in [0.15, 0.2) is 0 Å². The Bertz CT molecular complexity index is 2390. The van der Waals surface area contributed by atoms with E-state index in [9.17, 15) is 39.3 Å². The number of amides is 4. The number of carbonyl (C=O) groups excluding carboxylic acids is 5. The largest absolute Gasteiger partial charge is 0.508 e. The number of imide groups is 1. The van der Waals surface area contributed by atoms with Gasteiger partial charge in [0.2, 0.25) is 24.0 Å². The zero-order chi connectivity index (χ0) is 41.3. The van der Waals surface area contributed by atoms with Gasteiger partial charge in [-0.3, -0.25) is 28.9 Å². The molecule has 58 heavy (non-hydrogen) atoms. The monoisotopic (exact) mass is 786 g/mol. The summed E-state index contributed by atoms with van der Waals surface area (Å²) in [6, 6.07) is 19.3. The molecule has 4 amide bonds. The summed E-state index contributed by atoms with van der Waals surface area (Å²) in [5.74, 6) is -3.74. The molecule has 0 bridgehead atoms. The van der Waals surface area contributed by atoms with E-state index in [0.717, 1.165) is 27.4 Å². The number of para-hydroxylation sites is 2. The Morgan fingerprint density at radius 2 is 1.12 bits per heavy atom. The number of rotatable bonds is 17. The lowest BCUT2D eigenvalue weighted by Crippen LogP contribution is -2.61. The van der Waals surface area contributed by atoms with Crippen LogP contribution in [0.25, 0.3) is 21.8 Å². The number of nitrogens with one attached hydrogen (secondary N) is 4. The highest BCUT2D eigenvalue weighted by Gasteiger charge is 2.39. The van der Waals surface area contributed by atoms with E-state index in [-0.39, 0.29) is 37.2 Å². The normalized spacial score (nSPS) is 13.9. The van der Waals surface area contributed by atoms with E-state index in [0.29, 0.717) is 21.6 Å². The van der Waals surface area contributed by atoms with E-state index in [1.54, 1.807) is 30.6 Å². The van der Waals surface area contributed by atoms with Crippen molar-refractivity contribution in [3.05, 3.63) is 132 Å². The van der Waals surface area contributed by atoms with Crippen molar-refractivity contribution in [3.63, 3.8) is 0 Å². The van der Waals surface area contributed by atoms with Gasteiger partial charge >= 0.3 is 0 Å². The minimum Gasteiger partial charge on any atom is -0.508 e. The second-order valence-corrected chi connectivity index (χ2v) is 14.1. The topological polar surface area (TPSA) is 257 Å².